The summed E-state index contributed by atoms with van der Waals surface area (Å²) in [5, 5.41) is 9.49. The number of hydrogen-bond acceptors (Lipinski definition) is 3. The number of epoxide rings is 1. The Labute approximate surface area is 151 Å². The molecule has 1 aliphatic heterocycles. The Bertz CT molecular complexity index is 470. The summed E-state index contributed by atoms with van der Waals surface area (Å²) in [6.45, 7) is 0.417. The van der Waals surface area contributed by atoms with Crippen LogP contribution in [0.5, 0.6) is 5.75 Å². The molecule has 21 heavy (non-hydrogen) atoms. The number of rotatable bonds is 8. The molecule has 0 spiro atoms. The Balaban J connectivity index is 0.00000220. The van der Waals surface area contributed by atoms with Gasteiger partial charge >= 0.3 is 35.5 Å². The van der Waals surface area contributed by atoms with Gasteiger partial charge in [0.25, 0.3) is 0 Å². The third-order valence-electron chi connectivity index (χ3n) is 3.26. The third kappa shape index (κ3) is 5.11. The molecule has 0 saturated carbocycles. The van der Waals surface area contributed by atoms with E-state index >= 15 is 0 Å². The maximum absolute atomic E-state index is 13.7. The molecular formula is C14H17ClFNaO4. The zero-order valence-corrected chi connectivity index (χ0v) is 14.6. The predicted octanol–water partition coefficient (Wildman–Crippen LogP) is 0.197. The first-order valence-corrected chi connectivity index (χ1v) is 6.82. The fourth-order valence-electron chi connectivity index (χ4n) is 1.90. The first kappa shape index (κ1) is 18.7. The van der Waals surface area contributed by atoms with Crippen molar-refractivity contribution in [3.63, 3.8) is 0 Å². The van der Waals surface area contributed by atoms with Crippen molar-refractivity contribution in [1.29, 1.82) is 0 Å². The van der Waals surface area contributed by atoms with Gasteiger partial charge in [-0.2, -0.15) is 0 Å². The molecule has 1 aromatic rings. The van der Waals surface area contributed by atoms with E-state index in [2.05, 4.69) is 0 Å². The van der Waals surface area contributed by atoms with Crippen LogP contribution >= 0.6 is 11.6 Å². The quantitative estimate of drug-likeness (QED) is 0.421. The predicted molar refractivity (Wildman–Crippen MR) is 73.1 cm³/mol. The molecule has 2 unspecified atom stereocenters. The molecule has 0 bridgehead atoms. The van der Waals surface area contributed by atoms with E-state index in [1.54, 1.807) is 24.3 Å². The number of halogens is 2. The Morgan fingerprint density at radius 1 is 1.48 bits per heavy atom. The molecule has 2 rings (SSSR count). The molecule has 0 amide bonds. The van der Waals surface area contributed by atoms with E-state index in [4.69, 9.17) is 26.2 Å². The topological polar surface area (TPSA) is 59.1 Å². The number of benzene rings is 1. The smallest absolute Gasteiger partial charge is 1.00 e. The standard InChI is InChI=1S/C14H16ClFO4.Na.H/c15-10-4-6-11(7-5-10)19-8-2-1-3-12(16)14(9-20-14)13(17)18;;/h4-7,12H,1-3,8-9H2,(H,17,18);;/q;+1;-1. The number of ether oxygens (including phenoxy) is 2. The second kappa shape index (κ2) is 8.34. The van der Waals surface area contributed by atoms with E-state index in [0.717, 1.165) is 0 Å². The van der Waals surface area contributed by atoms with Crippen LogP contribution in [0.15, 0.2) is 24.3 Å². The van der Waals surface area contributed by atoms with E-state index in [0.29, 0.717) is 30.2 Å². The summed E-state index contributed by atoms with van der Waals surface area (Å²) in [5.74, 6) is -0.513. The monoisotopic (exact) mass is 326 g/mol. The van der Waals surface area contributed by atoms with E-state index in [1.807, 2.05) is 0 Å². The molecule has 1 heterocycles. The molecule has 1 fully saturated rings. The van der Waals surface area contributed by atoms with Crippen molar-refractivity contribution in [3.05, 3.63) is 29.3 Å². The Kier molecular flexibility index (Phi) is 7.44. The van der Waals surface area contributed by atoms with Crippen molar-refractivity contribution in [1.82, 2.24) is 0 Å². The van der Waals surface area contributed by atoms with Crippen LogP contribution in [0.3, 0.4) is 0 Å². The number of carboxylic acid groups (broad SMARTS) is 1. The molecule has 4 nitrogen and oxygen atoms in total. The van der Waals surface area contributed by atoms with E-state index in [9.17, 15) is 9.18 Å². The van der Waals surface area contributed by atoms with Gasteiger partial charge in [0.2, 0.25) is 5.60 Å². The second-order valence-electron chi connectivity index (χ2n) is 4.75. The number of aliphatic carboxylic acids is 1. The van der Waals surface area contributed by atoms with Gasteiger partial charge in [0.05, 0.1) is 13.2 Å². The second-order valence-corrected chi connectivity index (χ2v) is 5.19. The molecule has 112 valence electrons. The van der Waals surface area contributed by atoms with Crippen LogP contribution in [0.1, 0.15) is 20.7 Å². The van der Waals surface area contributed by atoms with Crippen LogP contribution in [-0.4, -0.2) is 36.1 Å². The molecule has 2 atom stereocenters. The number of carboxylic acids is 1. The minimum absolute atomic E-state index is 0. The molecule has 1 N–H and O–H groups in total. The summed E-state index contributed by atoms with van der Waals surface area (Å²) in [7, 11) is 0. The summed E-state index contributed by atoms with van der Waals surface area (Å²) < 4.78 is 23.9. The first-order chi connectivity index (χ1) is 9.54. The summed E-state index contributed by atoms with van der Waals surface area (Å²) in [6.07, 6.45) is -0.0992. The summed E-state index contributed by atoms with van der Waals surface area (Å²) >= 11 is 5.75. The van der Waals surface area contributed by atoms with Crippen molar-refractivity contribution in [2.24, 2.45) is 0 Å². The molecule has 1 saturated heterocycles. The van der Waals surface area contributed by atoms with Gasteiger partial charge in [-0.3, -0.25) is 0 Å². The van der Waals surface area contributed by atoms with E-state index in [-0.39, 0.29) is 44.0 Å². The minimum Gasteiger partial charge on any atom is -1.00 e. The van der Waals surface area contributed by atoms with E-state index < -0.39 is 17.7 Å². The van der Waals surface area contributed by atoms with Crippen LogP contribution < -0.4 is 34.3 Å². The first-order valence-electron chi connectivity index (χ1n) is 6.44. The average molecular weight is 327 g/mol. The van der Waals surface area contributed by atoms with Crippen LogP contribution in [0, 0.1) is 0 Å². The summed E-state index contributed by atoms with van der Waals surface area (Å²) in [5.41, 5.74) is -1.59. The van der Waals surface area contributed by atoms with Crippen LogP contribution in [0.2, 0.25) is 5.02 Å². The van der Waals surface area contributed by atoms with Crippen molar-refractivity contribution < 1.29 is 54.7 Å². The van der Waals surface area contributed by atoms with Crippen LogP contribution in [-0.2, 0) is 9.53 Å². The van der Waals surface area contributed by atoms with Gasteiger partial charge in [-0.25, -0.2) is 9.18 Å². The normalized spacial score (nSPS) is 21.2. The summed E-state index contributed by atoms with van der Waals surface area (Å²) in [6, 6.07) is 6.99. The fourth-order valence-corrected chi connectivity index (χ4v) is 2.02. The molecule has 1 aliphatic rings. The van der Waals surface area contributed by atoms with Gasteiger partial charge in [-0.05, 0) is 43.5 Å². The number of unbranched alkanes of at least 4 members (excludes halogenated alkanes) is 1. The molecule has 0 aliphatic carbocycles. The Morgan fingerprint density at radius 2 is 2.10 bits per heavy atom. The molecular weight excluding hydrogens is 310 g/mol. The van der Waals surface area contributed by atoms with Gasteiger partial charge < -0.3 is 16.0 Å². The van der Waals surface area contributed by atoms with Crippen molar-refractivity contribution in [3.8, 4) is 5.75 Å². The fraction of sp³-hybridized carbons (Fsp3) is 0.500. The Morgan fingerprint density at radius 3 is 2.62 bits per heavy atom. The largest absolute Gasteiger partial charge is 1.00 e. The van der Waals surface area contributed by atoms with Crippen molar-refractivity contribution >= 4 is 17.6 Å². The van der Waals surface area contributed by atoms with Gasteiger partial charge in [0, 0.05) is 5.02 Å². The van der Waals surface area contributed by atoms with Gasteiger partial charge in [-0.1, -0.05) is 11.6 Å². The number of carbonyl (C=O) groups is 1. The van der Waals surface area contributed by atoms with Crippen LogP contribution in [0.4, 0.5) is 4.39 Å². The molecule has 1 aromatic carbocycles. The molecule has 0 radical (unpaired) electrons. The zero-order valence-electron chi connectivity index (χ0n) is 12.9. The van der Waals surface area contributed by atoms with Crippen molar-refractivity contribution in [2.45, 2.75) is 31.0 Å². The Hall–Kier alpha value is -0.330. The zero-order chi connectivity index (χ0) is 14.6. The molecule has 7 heteroatoms. The van der Waals surface area contributed by atoms with E-state index in [1.165, 1.54) is 0 Å². The SMILES string of the molecule is O=C(O)C1(C(F)CCCCOc2ccc(Cl)cc2)CO1.[H-].[Na+]. The van der Waals surface area contributed by atoms with Gasteiger partial charge in [0.15, 0.2) is 0 Å². The summed E-state index contributed by atoms with van der Waals surface area (Å²) in [4.78, 5) is 10.8. The minimum atomic E-state index is -1.59. The van der Waals surface area contributed by atoms with Gasteiger partial charge in [-0.15, -0.1) is 0 Å². The maximum atomic E-state index is 13.7. The average Bonchev–Trinajstić information content (AvgIpc) is 3.22. The number of hydrogen-bond donors (Lipinski definition) is 1. The maximum Gasteiger partial charge on any atom is 1.00 e. The molecule has 0 aromatic heterocycles. The number of alkyl halides is 1. The third-order valence-corrected chi connectivity index (χ3v) is 3.51. The van der Waals surface area contributed by atoms with Crippen molar-refractivity contribution in [2.75, 3.05) is 13.2 Å². The van der Waals surface area contributed by atoms with Crippen LogP contribution in [0.25, 0.3) is 0 Å². The van der Waals surface area contributed by atoms with Gasteiger partial charge in [0.1, 0.15) is 11.9 Å².